The predicted octanol–water partition coefficient (Wildman–Crippen LogP) is 2.03. The van der Waals surface area contributed by atoms with Crippen LogP contribution in [0.1, 0.15) is 44.1 Å². The summed E-state index contributed by atoms with van der Waals surface area (Å²) < 4.78 is 30.6. The topological polar surface area (TPSA) is 146 Å². The molecule has 2 aromatic carbocycles. The van der Waals surface area contributed by atoms with Gasteiger partial charge in [-0.15, -0.1) is 0 Å². The number of benzene rings is 2. The quantitative estimate of drug-likeness (QED) is 0.228. The standard InChI is InChI=1S/C25H30N2O7S/c1-3-34-25(31)20(13-14-35(32,33)18-10-5-4-6-11-18)26-16(2)23(28)22-19-12-8-7-9-17(19)15-21(27-22)24(29)30/h4-12,15-16,20,23-24,26,28-30H,3,13-14H2,1-2H3/t16-,20?,23?/m0/s1. The number of pyridine rings is 1. The molecule has 0 fully saturated rings. The SMILES string of the molecule is CCOC(=O)C(CCS(=O)(=O)c1ccccc1)N[C@@H](C)C(O)c1nc(C(O)O)cc2ccccc12. The molecule has 35 heavy (non-hydrogen) atoms. The van der Waals surface area contributed by atoms with Gasteiger partial charge in [-0.3, -0.25) is 10.1 Å². The van der Waals surface area contributed by atoms with Crippen molar-refractivity contribution in [2.75, 3.05) is 12.4 Å². The summed E-state index contributed by atoms with van der Waals surface area (Å²) in [5, 5.41) is 34.6. The van der Waals surface area contributed by atoms with Gasteiger partial charge < -0.3 is 20.1 Å². The molecule has 10 heteroatoms. The molecule has 0 amide bonds. The third-order valence-electron chi connectivity index (χ3n) is 5.62. The minimum atomic E-state index is -3.63. The minimum absolute atomic E-state index is 0.0270. The lowest BCUT2D eigenvalue weighted by atomic mass is 10.0. The Morgan fingerprint density at radius 2 is 1.71 bits per heavy atom. The summed E-state index contributed by atoms with van der Waals surface area (Å²) >= 11 is 0. The molecule has 3 rings (SSSR count). The Morgan fingerprint density at radius 1 is 1.06 bits per heavy atom. The van der Waals surface area contributed by atoms with Crippen LogP contribution >= 0.6 is 0 Å². The van der Waals surface area contributed by atoms with Gasteiger partial charge >= 0.3 is 5.97 Å². The van der Waals surface area contributed by atoms with Crippen LogP contribution in [0, 0.1) is 0 Å². The second-order valence-corrected chi connectivity index (χ2v) is 10.3. The van der Waals surface area contributed by atoms with E-state index in [2.05, 4.69) is 10.3 Å². The summed E-state index contributed by atoms with van der Waals surface area (Å²) in [5.41, 5.74) is 0.173. The number of ether oxygens (including phenoxy) is 1. The van der Waals surface area contributed by atoms with E-state index in [0.29, 0.717) is 10.8 Å². The summed E-state index contributed by atoms with van der Waals surface area (Å²) in [4.78, 5) is 17.0. The van der Waals surface area contributed by atoms with Crippen molar-refractivity contribution in [2.24, 2.45) is 0 Å². The van der Waals surface area contributed by atoms with Crippen LogP contribution in [0.15, 0.2) is 65.6 Å². The largest absolute Gasteiger partial charge is 0.465 e. The normalized spacial score (nSPS) is 14.6. The maximum Gasteiger partial charge on any atom is 0.323 e. The molecule has 0 aliphatic carbocycles. The molecular weight excluding hydrogens is 472 g/mol. The van der Waals surface area contributed by atoms with Gasteiger partial charge in [0.25, 0.3) is 0 Å². The van der Waals surface area contributed by atoms with E-state index >= 15 is 0 Å². The van der Waals surface area contributed by atoms with Gasteiger partial charge in [0, 0.05) is 11.4 Å². The number of aliphatic hydroxyl groups excluding tert-OH is 2. The van der Waals surface area contributed by atoms with E-state index in [1.807, 2.05) is 0 Å². The average molecular weight is 503 g/mol. The lowest BCUT2D eigenvalue weighted by Crippen LogP contribution is -2.46. The Labute approximate surface area is 204 Å². The first kappa shape index (κ1) is 26.7. The van der Waals surface area contributed by atoms with E-state index < -0.39 is 40.3 Å². The fraction of sp³-hybridized carbons (Fsp3) is 0.360. The van der Waals surface area contributed by atoms with Crippen molar-refractivity contribution in [3.63, 3.8) is 0 Å². The van der Waals surface area contributed by atoms with Gasteiger partial charge in [-0.05, 0) is 43.9 Å². The molecular formula is C25H30N2O7S. The number of sulfone groups is 1. The van der Waals surface area contributed by atoms with Gasteiger partial charge in [0.2, 0.25) is 0 Å². The first-order valence-corrected chi connectivity index (χ1v) is 12.9. The molecule has 0 bridgehead atoms. The molecule has 1 heterocycles. The highest BCUT2D eigenvalue weighted by molar-refractivity contribution is 7.91. The lowest BCUT2D eigenvalue weighted by molar-refractivity contribution is -0.146. The molecule has 4 N–H and O–H groups in total. The zero-order valence-corrected chi connectivity index (χ0v) is 20.4. The summed E-state index contributed by atoms with van der Waals surface area (Å²) in [5.74, 6) is -0.934. The summed E-state index contributed by atoms with van der Waals surface area (Å²) in [6, 6.07) is 14.8. The summed E-state index contributed by atoms with van der Waals surface area (Å²) in [7, 11) is -3.63. The maximum absolute atomic E-state index is 12.7. The number of hydrogen-bond donors (Lipinski definition) is 4. The van der Waals surface area contributed by atoms with Gasteiger partial charge in [0.15, 0.2) is 16.1 Å². The third kappa shape index (κ3) is 6.62. The van der Waals surface area contributed by atoms with E-state index in [1.165, 1.54) is 18.2 Å². The van der Waals surface area contributed by atoms with E-state index in [9.17, 15) is 28.5 Å². The van der Waals surface area contributed by atoms with Crippen molar-refractivity contribution in [3.8, 4) is 0 Å². The van der Waals surface area contributed by atoms with Gasteiger partial charge in [-0.25, -0.2) is 13.4 Å². The summed E-state index contributed by atoms with van der Waals surface area (Å²) in [6.45, 7) is 3.39. The van der Waals surface area contributed by atoms with Gasteiger partial charge in [0.1, 0.15) is 12.1 Å². The number of fused-ring (bicyclic) bond motifs is 1. The average Bonchev–Trinajstić information content (AvgIpc) is 2.85. The molecule has 0 saturated carbocycles. The fourth-order valence-corrected chi connectivity index (χ4v) is 5.13. The number of hydrogen-bond acceptors (Lipinski definition) is 9. The van der Waals surface area contributed by atoms with Crippen LogP contribution in [0.4, 0.5) is 0 Å². The van der Waals surface area contributed by atoms with Crippen LogP contribution in [-0.2, 0) is 19.4 Å². The number of nitrogens with zero attached hydrogens (tertiary/aromatic N) is 1. The van der Waals surface area contributed by atoms with Crippen LogP contribution in [0.3, 0.4) is 0 Å². The Morgan fingerprint density at radius 3 is 2.37 bits per heavy atom. The molecule has 9 nitrogen and oxygen atoms in total. The van der Waals surface area contributed by atoms with E-state index in [4.69, 9.17) is 4.74 Å². The number of aromatic nitrogens is 1. The van der Waals surface area contributed by atoms with Crippen molar-refractivity contribution in [2.45, 2.75) is 49.6 Å². The van der Waals surface area contributed by atoms with E-state index in [1.54, 1.807) is 56.3 Å². The number of esters is 1. The first-order valence-electron chi connectivity index (χ1n) is 11.3. The van der Waals surface area contributed by atoms with Gasteiger partial charge in [0.05, 0.1) is 28.6 Å². The van der Waals surface area contributed by atoms with E-state index in [-0.39, 0.29) is 35.1 Å². The molecule has 0 radical (unpaired) electrons. The highest BCUT2D eigenvalue weighted by Gasteiger charge is 2.29. The Bertz CT molecular complexity index is 1250. The van der Waals surface area contributed by atoms with E-state index in [0.717, 1.165) is 0 Å². The smallest absolute Gasteiger partial charge is 0.323 e. The van der Waals surface area contributed by atoms with Crippen molar-refractivity contribution < 1.29 is 33.3 Å². The van der Waals surface area contributed by atoms with Gasteiger partial charge in [-0.2, -0.15) is 0 Å². The molecule has 3 aromatic rings. The van der Waals surface area contributed by atoms with Crippen molar-refractivity contribution >= 4 is 26.6 Å². The first-order chi connectivity index (χ1) is 16.6. The van der Waals surface area contributed by atoms with Crippen LogP contribution in [0.2, 0.25) is 0 Å². The van der Waals surface area contributed by atoms with Gasteiger partial charge in [-0.1, -0.05) is 42.5 Å². The predicted molar refractivity (Wildman–Crippen MR) is 130 cm³/mol. The second kappa shape index (κ2) is 11.7. The third-order valence-corrected chi connectivity index (χ3v) is 7.38. The lowest BCUT2D eigenvalue weighted by Gasteiger charge is -2.26. The molecule has 0 saturated heterocycles. The fourth-order valence-electron chi connectivity index (χ4n) is 3.78. The zero-order chi connectivity index (χ0) is 25.6. The van der Waals surface area contributed by atoms with Crippen LogP contribution in [0.25, 0.3) is 10.8 Å². The number of carbonyl (C=O) groups is 1. The Hall–Kier alpha value is -2.89. The van der Waals surface area contributed by atoms with Crippen molar-refractivity contribution in [1.82, 2.24) is 10.3 Å². The molecule has 0 spiro atoms. The second-order valence-electron chi connectivity index (χ2n) is 8.15. The molecule has 0 aliphatic heterocycles. The molecule has 2 unspecified atom stereocenters. The van der Waals surface area contributed by atoms with Crippen LogP contribution in [-0.4, -0.2) is 59.1 Å². The zero-order valence-electron chi connectivity index (χ0n) is 19.5. The highest BCUT2D eigenvalue weighted by atomic mass is 32.2. The summed E-state index contributed by atoms with van der Waals surface area (Å²) in [6.07, 6.45) is -3.15. The minimum Gasteiger partial charge on any atom is -0.465 e. The number of aliphatic hydroxyl groups is 3. The molecule has 1 aromatic heterocycles. The monoisotopic (exact) mass is 502 g/mol. The molecule has 0 aliphatic rings. The van der Waals surface area contributed by atoms with Crippen molar-refractivity contribution in [1.29, 1.82) is 0 Å². The molecule has 3 atom stereocenters. The van der Waals surface area contributed by atoms with Crippen LogP contribution in [0.5, 0.6) is 0 Å². The highest BCUT2D eigenvalue weighted by Crippen LogP contribution is 2.27. The molecule has 188 valence electrons. The number of nitrogens with one attached hydrogen (secondary N) is 1. The number of carbonyl (C=O) groups excluding carboxylic acids is 1. The number of rotatable bonds is 11. The maximum atomic E-state index is 12.7. The van der Waals surface area contributed by atoms with Crippen molar-refractivity contribution in [3.05, 3.63) is 72.1 Å². The Balaban J connectivity index is 1.83. The van der Waals surface area contributed by atoms with Crippen LogP contribution < -0.4 is 5.32 Å². The Kier molecular flexibility index (Phi) is 8.92.